The van der Waals surface area contributed by atoms with Gasteiger partial charge in [-0.3, -0.25) is 4.79 Å². The number of nitrogens with two attached hydrogens (primary N) is 1. The van der Waals surface area contributed by atoms with Crippen LogP contribution in [0.4, 0.5) is 10.5 Å². The van der Waals surface area contributed by atoms with Crippen molar-refractivity contribution in [2.24, 2.45) is 11.8 Å². The van der Waals surface area contributed by atoms with Gasteiger partial charge in [0, 0.05) is 25.2 Å². The first kappa shape index (κ1) is 21.6. The second kappa shape index (κ2) is 9.57. The summed E-state index contributed by atoms with van der Waals surface area (Å²) in [6.07, 6.45) is 3.02. The largest absolute Gasteiger partial charge is 0.492 e. The van der Waals surface area contributed by atoms with Gasteiger partial charge in [-0.25, -0.2) is 4.79 Å². The molecular formula is C21H30ClN3O4. The standard InChI is InChI=1S/C21H30ClN3O4/c1-13(2)12-29-21(27)25-7-5-14(6-8-25)11-24-20(26)16-10-17(22)18(23)15-4-3-9-28-19(15)16/h10,13-14H,3-9,11-12,23H2,1-2H3,(H,24,26). The van der Waals surface area contributed by atoms with E-state index in [1.807, 2.05) is 13.8 Å². The van der Waals surface area contributed by atoms with Crippen LogP contribution in [0.1, 0.15) is 49.0 Å². The molecule has 7 nitrogen and oxygen atoms in total. The fourth-order valence-corrected chi connectivity index (χ4v) is 3.91. The molecular weight excluding hydrogens is 394 g/mol. The lowest BCUT2D eigenvalue weighted by molar-refractivity contribution is 0.0772. The van der Waals surface area contributed by atoms with Crippen molar-refractivity contribution in [3.05, 3.63) is 22.2 Å². The molecule has 0 aromatic heterocycles. The Labute approximate surface area is 176 Å². The van der Waals surface area contributed by atoms with Crippen molar-refractivity contribution in [1.29, 1.82) is 0 Å². The number of piperidine rings is 1. The van der Waals surface area contributed by atoms with Gasteiger partial charge >= 0.3 is 6.09 Å². The lowest BCUT2D eigenvalue weighted by Crippen LogP contribution is -2.42. The zero-order valence-corrected chi connectivity index (χ0v) is 17.9. The Hall–Kier alpha value is -2.15. The highest BCUT2D eigenvalue weighted by Gasteiger charge is 2.26. The van der Waals surface area contributed by atoms with Crippen molar-refractivity contribution in [2.75, 3.05) is 38.6 Å². The van der Waals surface area contributed by atoms with E-state index in [2.05, 4.69) is 5.32 Å². The molecule has 0 aliphatic carbocycles. The summed E-state index contributed by atoms with van der Waals surface area (Å²) in [6.45, 7) is 6.86. The number of carbonyl (C=O) groups excluding carboxylic acids is 2. The van der Waals surface area contributed by atoms with Crippen LogP contribution in [-0.4, -0.2) is 49.7 Å². The first-order valence-corrected chi connectivity index (χ1v) is 10.7. The molecule has 2 aliphatic rings. The number of hydrogen-bond donors (Lipinski definition) is 2. The quantitative estimate of drug-likeness (QED) is 0.707. The van der Waals surface area contributed by atoms with E-state index in [0.29, 0.717) is 66.7 Å². The monoisotopic (exact) mass is 423 g/mol. The third-order valence-electron chi connectivity index (χ3n) is 5.40. The van der Waals surface area contributed by atoms with Gasteiger partial charge in [-0.1, -0.05) is 25.4 Å². The molecule has 3 rings (SSSR count). The van der Waals surface area contributed by atoms with Gasteiger partial charge < -0.3 is 25.4 Å². The molecule has 2 heterocycles. The maximum absolute atomic E-state index is 12.8. The number of rotatable bonds is 5. The molecule has 1 aromatic carbocycles. The molecule has 1 fully saturated rings. The van der Waals surface area contributed by atoms with Gasteiger partial charge in [-0.05, 0) is 43.6 Å². The van der Waals surface area contributed by atoms with Gasteiger partial charge in [-0.2, -0.15) is 0 Å². The van der Waals surface area contributed by atoms with Crippen LogP contribution in [0.25, 0.3) is 0 Å². The predicted octanol–water partition coefficient (Wildman–Crippen LogP) is 3.48. The number of benzene rings is 1. The molecule has 0 atom stereocenters. The van der Waals surface area contributed by atoms with Gasteiger partial charge in [-0.15, -0.1) is 0 Å². The number of likely N-dealkylation sites (tertiary alicyclic amines) is 1. The van der Waals surface area contributed by atoms with Gasteiger partial charge in [0.15, 0.2) is 0 Å². The zero-order valence-electron chi connectivity index (χ0n) is 17.1. The topological polar surface area (TPSA) is 93.9 Å². The maximum Gasteiger partial charge on any atom is 0.409 e. The average Bonchev–Trinajstić information content (AvgIpc) is 2.73. The van der Waals surface area contributed by atoms with Gasteiger partial charge in [0.1, 0.15) is 5.75 Å². The third-order valence-corrected chi connectivity index (χ3v) is 5.71. The molecule has 0 bridgehead atoms. The fraction of sp³-hybridized carbons (Fsp3) is 0.619. The van der Waals surface area contributed by atoms with Crippen molar-refractivity contribution in [3.8, 4) is 5.75 Å². The maximum atomic E-state index is 12.8. The van der Waals surface area contributed by atoms with E-state index in [1.165, 1.54) is 0 Å². The second-order valence-corrected chi connectivity index (χ2v) is 8.60. The molecule has 2 aliphatic heterocycles. The van der Waals surface area contributed by atoms with Crippen molar-refractivity contribution < 1.29 is 19.1 Å². The summed E-state index contributed by atoms with van der Waals surface area (Å²) in [5.74, 6) is 0.986. The highest BCUT2D eigenvalue weighted by molar-refractivity contribution is 6.33. The molecule has 1 saturated heterocycles. The predicted molar refractivity (Wildman–Crippen MR) is 112 cm³/mol. The summed E-state index contributed by atoms with van der Waals surface area (Å²) in [7, 11) is 0. The number of fused-ring (bicyclic) bond motifs is 1. The van der Waals surface area contributed by atoms with Crippen molar-refractivity contribution in [2.45, 2.75) is 39.5 Å². The van der Waals surface area contributed by atoms with E-state index in [0.717, 1.165) is 31.2 Å². The molecule has 0 spiro atoms. The number of carbonyl (C=O) groups is 2. The Bertz CT molecular complexity index is 761. The van der Waals surface area contributed by atoms with Crippen LogP contribution in [-0.2, 0) is 11.2 Å². The van der Waals surface area contributed by atoms with E-state index >= 15 is 0 Å². The lowest BCUT2D eigenvalue weighted by Gasteiger charge is -2.31. The molecule has 0 unspecified atom stereocenters. The average molecular weight is 424 g/mol. The Morgan fingerprint density at radius 1 is 1.38 bits per heavy atom. The number of nitrogen functional groups attached to an aromatic ring is 1. The number of amides is 2. The number of nitrogens with one attached hydrogen (secondary N) is 1. The summed E-state index contributed by atoms with van der Waals surface area (Å²) < 4.78 is 11.0. The molecule has 3 N–H and O–H groups in total. The minimum Gasteiger partial charge on any atom is -0.492 e. The summed E-state index contributed by atoms with van der Waals surface area (Å²) in [6, 6.07) is 1.59. The van der Waals surface area contributed by atoms with Crippen LogP contribution in [0.3, 0.4) is 0 Å². The smallest absolute Gasteiger partial charge is 0.409 e. The molecule has 8 heteroatoms. The van der Waals surface area contributed by atoms with Crippen molar-refractivity contribution in [1.82, 2.24) is 10.2 Å². The lowest BCUT2D eigenvalue weighted by atomic mass is 9.96. The molecule has 1 aromatic rings. The van der Waals surface area contributed by atoms with E-state index < -0.39 is 0 Å². The Kier molecular flexibility index (Phi) is 7.11. The second-order valence-electron chi connectivity index (χ2n) is 8.19. The minimum atomic E-state index is -0.249. The van der Waals surface area contributed by atoms with Crippen molar-refractivity contribution >= 4 is 29.3 Å². The number of hydrogen-bond acceptors (Lipinski definition) is 5. The van der Waals surface area contributed by atoms with Crippen LogP contribution in [0.2, 0.25) is 5.02 Å². The van der Waals surface area contributed by atoms with Crippen LogP contribution in [0.15, 0.2) is 6.07 Å². The first-order valence-electron chi connectivity index (χ1n) is 10.3. The van der Waals surface area contributed by atoms with E-state index in [4.69, 9.17) is 26.8 Å². The molecule has 0 saturated carbocycles. The Balaban J connectivity index is 1.52. The van der Waals surface area contributed by atoms with E-state index in [1.54, 1.807) is 11.0 Å². The van der Waals surface area contributed by atoms with Crippen LogP contribution in [0.5, 0.6) is 5.75 Å². The van der Waals surface area contributed by atoms with Crippen LogP contribution >= 0.6 is 11.6 Å². The third kappa shape index (κ3) is 5.26. The van der Waals surface area contributed by atoms with Gasteiger partial charge in [0.2, 0.25) is 0 Å². The zero-order chi connectivity index (χ0) is 21.0. The number of anilines is 1. The molecule has 0 radical (unpaired) electrons. The normalized spacial score (nSPS) is 16.9. The highest BCUT2D eigenvalue weighted by atomic mass is 35.5. The summed E-state index contributed by atoms with van der Waals surface area (Å²) in [4.78, 5) is 26.6. The van der Waals surface area contributed by atoms with E-state index in [-0.39, 0.29) is 12.0 Å². The number of nitrogens with zero attached hydrogens (tertiary/aromatic N) is 1. The summed E-state index contributed by atoms with van der Waals surface area (Å²) in [5.41, 5.74) is 7.81. The van der Waals surface area contributed by atoms with Crippen molar-refractivity contribution in [3.63, 3.8) is 0 Å². The number of halogens is 1. The van der Waals surface area contributed by atoms with Gasteiger partial charge in [0.05, 0.1) is 29.5 Å². The van der Waals surface area contributed by atoms with Gasteiger partial charge in [0.25, 0.3) is 5.91 Å². The minimum absolute atomic E-state index is 0.205. The van der Waals surface area contributed by atoms with Crippen LogP contribution in [0, 0.1) is 11.8 Å². The summed E-state index contributed by atoms with van der Waals surface area (Å²) in [5, 5.41) is 3.38. The SMILES string of the molecule is CC(C)COC(=O)N1CCC(CNC(=O)c2cc(Cl)c(N)c3c2OCCC3)CC1. The molecule has 160 valence electrons. The summed E-state index contributed by atoms with van der Waals surface area (Å²) >= 11 is 6.22. The molecule has 2 amide bonds. The van der Waals surface area contributed by atoms with Crippen LogP contribution < -0.4 is 15.8 Å². The Morgan fingerprint density at radius 2 is 2.10 bits per heavy atom. The Morgan fingerprint density at radius 3 is 2.79 bits per heavy atom. The number of ether oxygens (including phenoxy) is 2. The highest BCUT2D eigenvalue weighted by Crippen LogP contribution is 2.38. The molecule has 29 heavy (non-hydrogen) atoms. The van der Waals surface area contributed by atoms with E-state index in [9.17, 15) is 9.59 Å². The fourth-order valence-electron chi connectivity index (χ4n) is 3.69. The first-order chi connectivity index (χ1) is 13.9.